The summed E-state index contributed by atoms with van der Waals surface area (Å²) in [6.45, 7) is 0. The molecular formula is C50H33NO. The number of fused-ring (bicyclic) bond motifs is 6. The van der Waals surface area contributed by atoms with Gasteiger partial charge in [-0.15, -0.1) is 0 Å². The first-order valence-electron chi connectivity index (χ1n) is 17.8. The Hall–Kier alpha value is -6.90. The lowest BCUT2D eigenvalue weighted by Gasteiger charge is -2.26. The second-order valence-electron chi connectivity index (χ2n) is 13.3. The fourth-order valence-corrected chi connectivity index (χ4v) is 7.75. The molecule has 0 saturated heterocycles. The molecule has 9 aromatic carbocycles. The summed E-state index contributed by atoms with van der Waals surface area (Å²) in [6.07, 6.45) is 0. The molecule has 0 aliphatic heterocycles. The van der Waals surface area contributed by atoms with Crippen LogP contribution < -0.4 is 4.90 Å². The molecule has 0 amide bonds. The van der Waals surface area contributed by atoms with Crippen LogP contribution in [0.3, 0.4) is 0 Å². The van der Waals surface area contributed by atoms with E-state index in [0.717, 1.165) is 55.5 Å². The molecule has 0 atom stereocenters. The Morgan fingerprint density at radius 2 is 0.904 bits per heavy atom. The number of para-hydroxylation sites is 1. The summed E-state index contributed by atoms with van der Waals surface area (Å²) in [5, 5.41) is 7.12. The molecule has 10 rings (SSSR count). The predicted octanol–water partition coefficient (Wildman–Crippen LogP) is 14.4. The van der Waals surface area contributed by atoms with Crippen molar-refractivity contribution >= 4 is 60.5 Å². The molecule has 0 aliphatic rings. The number of hydrogen-bond donors (Lipinski definition) is 0. The monoisotopic (exact) mass is 663 g/mol. The zero-order chi connectivity index (χ0) is 34.4. The highest BCUT2D eigenvalue weighted by Gasteiger charge is 2.17. The van der Waals surface area contributed by atoms with Crippen molar-refractivity contribution in [2.24, 2.45) is 0 Å². The van der Waals surface area contributed by atoms with Gasteiger partial charge in [-0.2, -0.15) is 0 Å². The molecule has 2 heteroatoms. The number of nitrogens with zero attached hydrogens (tertiary/aromatic N) is 1. The molecule has 0 N–H and O–H groups in total. The zero-order valence-corrected chi connectivity index (χ0v) is 28.4. The van der Waals surface area contributed by atoms with E-state index in [1.165, 1.54) is 38.4 Å². The molecule has 52 heavy (non-hydrogen) atoms. The zero-order valence-electron chi connectivity index (χ0n) is 28.4. The van der Waals surface area contributed by atoms with Crippen LogP contribution in [0.1, 0.15) is 0 Å². The van der Waals surface area contributed by atoms with Crippen molar-refractivity contribution in [3.05, 3.63) is 200 Å². The molecule has 0 unspecified atom stereocenters. The summed E-state index contributed by atoms with van der Waals surface area (Å²) in [5.74, 6) is 0. The van der Waals surface area contributed by atoms with Crippen molar-refractivity contribution in [1.29, 1.82) is 0 Å². The second kappa shape index (κ2) is 12.5. The minimum atomic E-state index is 0.898. The normalized spacial score (nSPS) is 11.5. The van der Waals surface area contributed by atoms with Gasteiger partial charge in [0.25, 0.3) is 0 Å². The molecule has 0 fully saturated rings. The quantitative estimate of drug-likeness (QED) is 0.176. The van der Waals surface area contributed by atoms with E-state index in [1.54, 1.807) is 0 Å². The molecule has 1 heterocycles. The Labute approximate surface area is 302 Å². The standard InChI is InChI=1S/C50H33NO/c1-2-15-40(16-3-1)51(41-30-27-35(28-31-41)34-23-25-38(26-24-34)44-20-9-13-36-11-4-6-18-43(36)44)42-17-8-14-39(33-42)45-21-10-22-48-49(45)47-32-29-37-12-5-7-19-46(37)50(47)52-48/h1-33H. The van der Waals surface area contributed by atoms with E-state index >= 15 is 0 Å². The molecule has 0 bridgehead atoms. The van der Waals surface area contributed by atoms with E-state index in [-0.39, 0.29) is 0 Å². The van der Waals surface area contributed by atoms with E-state index < -0.39 is 0 Å². The predicted molar refractivity (Wildman–Crippen MR) is 220 cm³/mol. The third kappa shape index (κ3) is 5.12. The molecule has 0 aliphatic carbocycles. The van der Waals surface area contributed by atoms with E-state index in [2.05, 4.69) is 205 Å². The molecule has 0 saturated carbocycles. The summed E-state index contributed by atoms with van der Waals surface area (Å²) in [4.78, 5) is 2.33. The minimum absolute atomic E-state index is 0.898. The molecule has 10 aromatic rings. The molecule has 244 valence electrons. The van der Waals surface area contributed by atoms with Crippen molar-refractivity contribution in [3.8, 4) is 33.4 Å². The largest absolute Gasteiger partial charge is 0.455 e. The summed E-state index contributed by atoms with van der Waals surface area (Å²) in [5.41, 5.74) is 12.3. The van der Waals surface area contributed by atoms with Crippen molar-refractivity contribution in [2.45, 2.75) is 0 Å². The number of anilines is 3. The first-order chi connectivity index (χ1) is 25.8. The summed E-state index contributed by atoms with van der Waals surface area (Å²) in [6, 6.07) is 71.6. The van der Waals surface area contributed by atoms with Gasteiger partial charge in [0, 0.05) is 33.2 Å². The van der Waals surface area contributed by atoms with Crippen molar-refractivity contribution in [3.63, 3.8) is 0 Å². The highest BCUT2D eigenvalue weighted by Crippen LogP contribution is 2.42. The van der Waals surface area contributed by atoms with E-state index in [9.17, 15) is 0 Å². The molecule has 2 nitrogen and oxygen atoms in total. The van der Waals surface area contributed by atoms with Crippen LogP contribution in [-0.2, 0) is 0 Å². The van der Waals surface area contributed by atoms with Gasteiger partial charge in [-0.05, 0) is 98.1 Å². The number of furan rings is 1. The third-order valence-electron chi connectivity index (χ3n) is 10.3. The average molecular weight is 664 g/mol. The van der Waals surface area contributed by atoms with Crippen LogP contribution in [-0.4, -0.2) is 0 Å². The van der Waals surface area contributed by atoms with Gasteiger partial charge in [0.15, 0.2) is 0 Å². The van der Waals surface area contributed by atoms with Gasteiger partial charge in [-0.1, -0.05) is 152 Å². The Morgan fingerprint density at radius 1 is 0.327 bits per heavy atom. The van der Waals surface area contributed by atoms with Gasteiger partial charge in [0.1, 0.15) is 11.2 Å². The Balaban J connectivity index is 1.02. The van der Waals surface area contributed by atoms with Crippen LogP contribution in [0.15, 0.2) is 205 Å². The van der Waals surface area contributed by atoms with E-state index in [1.807, 2.05) is 0 Å². The Morgan fingerprint density at radius 3 is 1.71 bits per heavy atom. The lowest BCUT2D eigenvalue weighted by atomic mass is 9.96. The maximum Gasteiger partial charge on any atom is 0.143 e. The highest BCUT2D eigenvalue weighted by atomic mass is 16.3. The Bertz CT molecular complexity index is 2880. The maximum atomic E-state index is 6.53. The van der Waals surface area contributed by atoms with Gasteiger partial charge in [0.05, 0.1) is 0 Å². The van der Waals surface area contributed by atoms with Crippen molar-refractivity contribution < 1.29 is 4.42 Å². The number of benzene rings is 9. The van der Waals surface area contributed by atoms with Crippen LogP contribution in [0, 0.1) is 0 Å². The first-order valence-corrected chi connectivity index (χ1v) is 17.8. The topological polar surface area (TPSA) is 16.4 Å². The lowest BCUT2D eigenvalue weighted by molar-refractivity contribution is 0.673. The third-order valence-corrected chi connectivity index (χ3v) is 10.3. The lowest BCUT2D eigenvalue weighted by Crippen LogP contribution is -2.09. The second-order valence-corrected chi connectivity index (χ2v) is 13.3. The van der Waals surface area contributed by atoms with Gasteiger partial charge in [0.2, 0.25) is 0 Å². The van der Waals surface area contributed by atoms with Crippen LogP contribution in [0.4, 0.5) is 17.1 Å². The van der Waals surface area contributed by atoms with Crippen LogP contribution >= 0.6 is 0 Å². The van der Waals surface area contributed by atoms with Gasteiger partial charge < -0.3 is 9.32 Å². The van der Waals surface area contributed by atoms with Gasteiger partial charge in [-0.3, -0.25) is 0 Å². The fraction of sp³-hybridized carbons (Fsp3) is 0. The van der Waals surface area contributed by atoms with Crippen molar-refractivity contribution in [2.75, 3.05) is 4.90 Å². The van der Waals surface area contributed by atoms with Crippen LogP contribution in [0.25, 0.3) is 76.9 Å². The van der Waals surface area contributed by atoms with Crippen LogP contribution in [0.2, 0.25) is 0 Å². The summed E-state index contributed by atoms with van der Waals surface area (Å²) >= 11 is 0. The van der Waals surface area contributed by atoms with E-state index in [4.69, 9.17) is 4.42 Å². The molecular weight excluding hydrogens is 631 g/mol. The smallest absolute Gasteiger partial charge is 0.143 e. The highest BCUT2D eigenvalue weighted by molar-refractivity contribution is 6.19. The van der Waals surface area contributed by atoms with Gasteiger partial charge in [-0.25, -0.2) is 0 Å². The van der Waals surface area contributed by atoms with Crippen molar-refractivity contribution in [1.82, 2.24) is 0 Å². The molecule has 0 spiro atoms. The summed E-state index contributed by atoms with van der Waals surface area (Å²) in [7, 11) is 0. The fourth-order valence-electron chi connectivity index (χ4n) is 7.75. The molecule has 1 aromatic heterocycles. The first kappa shape index (κ1) is 30.0. The average Bonchev–Trinajstić information content (AvgIpc) is 3.61. The number of rotatable bonds is 6. The van der Waals surface area contributed by atoms with E-state index in [0.29, 0.717) is 0 Å². The SMILES string of the molecule is c1ccc(N(c2ccc(-c3ccc(-c4cccc5ccccc45)cc3)cc2)c2cccc(-c3cccc4oc5c6ccccc6ccc5c34)c2)cc1. The Kier molecular flexibility index (Phi) is 7.18. The van der Waals surface area contributed by atoms with Crippen LogP contribution in [0.5, 0.6) is 0 Å². The number of hydrogen-bond acceptors (Lipinski definition) is 2. The minimum Gasteiger partial charge on any atom is -0.455 e. The maximum absolute atomic E-state index is 6.53. The summed E-state index contributed by atoms with van der Waals surface area (Å²) < 4.78 is 6.53. The van der Waals surface area contributed by atoms with Gasteiger partial charge >= 0.3 is 0 Å². The molecule has 0 radical (unpaired) electrons.